The molecule has 1 saturated carbocycles. The van der Waals surface area contributed by atoms with E-state index in [-0.39, 0.29) is 35.8 Å². The summed E-state index contributed by atoms with van der Waals surface area (Å²) in [5.41, 5.74) is 2.76. The number of aliphatic hydroxyl groups is 3. The Kier molecular flexibility index (Phi) is 7.25. The number of ketones is 2. The number of nitrogens with zero attached hydrogens (tertiary/aromatic N) is 2. The molecule has 1 aromatic carbocycles. The first kappa shape index (κ1) is 28.6. The van der Waals surface area contributed by atoms with Crippen LogP contribution < -0.4 is 5.73 Å². The number of fused-ring (bicyclic) bond motifs is 3. The van der Waals surface area contributed by atoms with Gasteiger partial charge in [-0.2, -0.15) is 0 Å². The minimum absolute atomic E-state index is 0.00905. The fraction of sp³-hybridized carbons (Fsp3) is 0.536. The number of hydrogen-bond acceptors (Lipinski definition) is 10. The van der Waals surface area contributed by atoms with E-state index in [0.717, 1.165) is 19.4 Å². The van der Waals surface area contributed by atoms with Crippen molar-refractivity contribution in [2.24, 2.45) is 17.6 Å². The molecular weight excluding hydrogens is 542 g/mol. The largest absolute Gasteiger partial charge is 0.508 e. The van der Waals surface area contributed by atoms with Gasteiger partial charge in [-0.05, 0) is 69.4 Å². The minimum Gasteiger partial charge on any atom is -0.508 e. The van der Waals surface area contributed by atoms with Gasteiger partial charge in [0.05, 0.1) is 18.2 Å². The van der Waals surface area contributed by atoms with Gasteiger partial charge in [0.2, 0.25) is 5.78 Å². The first-order chi connectivity index (χ1) is 18.8. The summed E-state index contributed by atoms with van der Waals surface area (Å²) >= 11 is 6.88. The van der Waals surface area contributed by atoms with E-state index in [9.17, 15) is 34.8 Å². The zero-order chi connectivity index (χ0) is 29.3. The molecule has 1 heterocycles. The molecule has 4 aliphatic rings. The summed E-state index contributed by atoms with van der Waals surface area (Å²) < 4.78 is 5.34. The summed E-state index contributed by atoms with van der Waals surface area (Å²) in [6, 6.07) is 0.543. The van der Waals surface area contributed by atoms with Crippen LogP contribution in [0.2, 0.25) is 5.02 Å². The van der Waals surface area contributed by atoms with Crippen molar-refractivity contribution in [1.29, 1.82) is 0 Å². The maximum Gasteiger partial charge on any atom is 0.255 e. The normalized spacial score (nSPS) is 30.6. The summed E-state index contributed by atoms with van der Waals surface area (Å²) in [6.07, 6.45) is 2.15. The number of Topliss-reactive ketones (excluding diaryl/α,β-unsaturated/α-hetero) is 2. The van der Waals surface area contributed by atoms with E-state index in [1.165, 1.54) is 11.0 Å². The Labute approximate surface area is 236 Å². The zero-order valence-corrected chi connectivity index (χ0v) is 23.4. The van der Waals surface area contributed by atoms with Gasteiger partial charge in [0.1, 0.15) is 22.8 Å². The van der Waals surface area contributed by atoms with Gasteiger partial charge in [-0.3, -0.25) is 24.2 Å². The predicted molar refractivity (Wildman–Crippen MR) is 145 cm³/mol. The summed E-state index contributed by atoms with van der Waals surface area (Å²) in [4.78, 5) is 42.9. The Morgan fingerprint density at radius 3 is 2.60 bits per heavy atom. The van der Waals surface area contributed by atoms with Gasteiger partial charge < -0.3 is 30.9 Å². The number of aliphatic hydroxyl groups excluding tert-OH is 2. The second-order valence-corrected chi connectivity index (χ2v) is 11.8. The standard InChI is InChI=1S/C28H34ClN3O8/c1-31(2)22-16-8-12-7-15-19(17(33)9-13(21(15)29)10-32-6-4-5-14(32)11-40-3)23(34)18(12)25(36)28(16,39)26(37)20(24(22)35)27(30)38/h9,12,14,16,22,33-34,37,39H,4-8,10-11H2,1-3H3,(H2,30,38)/t12-,14-,16-,22-,28-/m0/s1. The molecule has 3 aliphatic carbocycles. The lowest BCUT2D eigenvalue weighted by atomic mass is 9.57. The number of methoxy groups -OCH3 is 1. The van der Waals surface area contributed by atoms with E-state index < -0.39 is 58.0 Å². The van der Waals surface area contributed by atoms with E-state index in [4.69, 9.17) is 22.1 Å². The van der Waals surface area contributed by atoms with Crippen molar-refractivity contribution in [3.63, 3.8) is 0 Å². The fourth-order valence-corrected chi connectivity index (χ4v) is 7.45. The van der Waals surface area contributed by atoms with Crippen molar-refractivity contribution < 1.29 is 39.5 Å². The molecule has 5 rings (SSSR count). The molecule has 0 aromatic heterocycles. The highest BCUT2D eigenvalue weighted by atomic mass is 35.5. The SMILES string of the molecule is COC[C@@H]1CCCN1Cc1cc(O)c2c(c1Cl)C[C@H]1C[C@H]3[C@H](N(C)C)C(=O)C(C(N)=O)=C(O)[C@@]3(O)C(=O)C1=C2O. The molecule has 216 valence electrons. The van der Waals surface area contributed by atoms with Gasteiger partial charge in [-0.25, -0.2) is 0 Å². The highest BCUT2D eigenvalue weighted by Crippen LogP contribution is 2.53. The summed E-state index contributed by atoms with van der Waals surface area (Å²) in [5.74, 6) is -6.87. The van der Waals surface area contributed by atoms with Crippen LogP contribution in [-0.4, -0.2) is 99.7 Å². The van der Waals surface area contributed by atoms with Gasteiger partial charge >= 0.3 is 0 Å². The molecule has 1 saturated heterocycles. The van der Waals surface area contributed by atoms with Gasteiger partial charge in [0, 0.05) is 36.2 Å². The monoisotopic (exact) mass is 575 g/mol. The number of carbonyl (C=O) groups is 3. The summed E-state index contributed by atoms with van der Waals surface area (Å²) in [5, 5.41) is 45.3. The maximum absolute atomic E-state index is 13.9. The van der Waals surface area contributed by atoms with Crippen molar-refractivity contribution in [2.75, 3.05) is 34.4 Å². The van der Waals surface area contributed by atoms with Crippen molar-refractivity contribution in [3.05, 3.63) is 44.7 Å². The van der Waals surface area contributed by atoms with Crippen LogP contribution >= 0.6 is 11.6 Å². The van der Waals surface area contributed by atoms with E-state index in [0.29, 0.717) is 29.3 Å². The number of carbonyl (C=O) groups excluding carboxylic acids is 3. The number of phenolic OH excluding ortho intramolecular Hbond substituents is 1. The Balaban J connectivity index is 1.61. The topological polar surface area (TPSA) is 174 Å². The quantitative estimate of drug-likeness (QED) is 0.310. The van der Waals surface area contributed by atoms with E-state index in [1.807, 2.05) is 0 Å². The minimum atomic E-state index is -2.67. The van der Waals surface area contributed by atoms with Crippen LogP contribution in [0.3, 0.4) is 0 Å². The molecule has 1 amide bonds. The average molecular weight is 576 g/mol. The lowest BCUT2D eigenvalue weighted by Crippen LogP contribution is -2.65. The number of rotatable bonds is 6. The summed E-state index contributed by atoms with van der Waals surface area (Å²) in [7, 11) is 4.77. The molecule has 0 spiro atoms. The highest BCUT2D eigenvalue weighted by Gasteiger charge is 2.64. The Morgan fingerprint density at radius 1 is 1.27 bits per heavy atom. The average Bonchev–Trinajstić information content (AvgIpc) is 3.30. The van der Waals surface area contributed by atoms with Gasteiger partial charge in [0.25, 0.3) is 5.91 Å². The Bertz CT molecular complexity index is 1370. The second kappa shape index (κ2) is 10.1. The van der Waals surface area contributed by atoms with Crippen LogP contribution in [0.4, 0.5) is 0 Å². The smallest absolute Gasteiger partial charge is 0.255 e. The van der Waals surface area contributed by atoms with Crippen LogP contribution in [0.25, 0.3) is 5.76 Å². The van der Waals surface area contributed by atoms with Crippen LogP contribution in [0.15, 0.2) is 23.0 Å². The molecule has 0 bridgehead atoms. The van der Waals surface area contributed by atoms with E-state index in [2.05, 4.69) is 4.90 Å². The molecular formula is C28H34ClN3O8. The molecule has 2 fully saturated rings. The third kappa shape index (κ3) is 4.06. The van der Waals surface area contributed by atoms with Crippen molar-refractivity contribution in [2.45, 2.75) is 49.9 Å². The van der Waals surface area contributed by atoms with Gasteiger partial charge in [-0.1, -0.05) is 11.6 Å². The number of hydrogen-bond donors (Lipinski definition) is 5. The Morgan fingerprint density at radius 2 is 1.98 bits per heavy atom. The number of nitrogens with two attached hydrogens (primary N) is 1. The second-order valence-electron chi connectivity index (χ2n) is 11.4. The van der Waals surface area contributed by atoms with Crippen LogP contribution in [0.5, 0.6) is 5.75 Å². The number of phenols is 1. The maximum atomic E-state index is 13.9. The molecule has 11 nitrogen and oxygen atoms in total. The highest BCUT2D eigenvalue weighted by molar-refractivity contribution is 6.32. The summed E-state index contributed by atoms with van der Waals surface area (Å²) in [6.45, 7) is 1.88. The first-order valence-corrected chi connectivity index (χ1v) is 13.6. The zero-order valence-electron chi connectivity index (χ0n) is 22.6. The molecule has 6 N–H and O–H groups in total. The van der Waals surface area contributed by atoms with Crippen molar-refractivity contribution in [1.82, 2.24) is 9.80 Å². The van der Waals surface area contributed by atoms with Crippen LogP contribution in [-0.2, 0) is 32.1 Å². The lowest BCUT2D eigenvalue weighted by molar-refractivity contribution is -0.153. The third-order valence-corrected chi connectivity index (χ3v) is 9.43. The molecule has 40 heavy (non-hydrogen) atoms. The molecule has 1 aromatic rings. The van der Waals surface area contributed by atoms with Crippen molar-refractivity contribution in [3.8, 4) is 5.75 Å². The number of likely N-dealkylation sites (N-methyl/N-ethyl adjacent to an activating group) is 1. The number of primary amides is 1. The molecule has 12 heteroatoms. The molecule has 5 atom stereocenters. The number of aromatic hydroxyl groups is 1. The molecule has 0 radical (unpaired) electrons. The van der Waals surface area contributed by atoms with Crippen LogP contribution in [0, 0.1) is 11.8 Å². The van der Waals surface area contributed by atoms with E-state index >= 15 is 0 Å². The van der Waals surface area contributed by atoms with E-state index in [1.54, 1.807) is 21.2 Å². The number of benzene rings is 1. The third-order valence-electron chi connectivity index (χ3n) is 8.96. The fourth-order valence-electron chi connectivity index (χ4n) is 7.17. The van der Waals surface area contributed by atoms with Gasteiger partial charge in [-0.15, -0.1) is 0 Å². The number of likely N-dealkylation sites (tertiary alicyclic amines) is 1. The number of amides is 1. The predicted octanol–water partition coefficient (Wildman–Crippen LogP) is 1.23. The Hall–Kier alpha value is -2.96. The lowest BCUT2D eigenvalue weighted by Gasteiger charge is -2.50. The van der Waals surface area contributed by atoms with Crippen molar-refractivity contribution >= 4 is 34.8 Å². The van der Waals surface area contributed by atoms with Crippen LogP contribution in [0.1, 0.15) is 36.0 Å². The molecule has 0 unspecified atom stereocenters. The number of ether oxygens (including phenoxy) is 1. The molecule has 1 aliphatic heterocycles. The first-order valence-electron chi connectivity index (χ1n) is 13.2. The number of halogens is 1. The van der Waals surface area contributed by atoms with Gasteiger partial charge in [0.15, 0.2) is 11.4 Å².